The molecular formula is C26H28N2O3. The van der Waals surface area contributed by atoms with Gasteiger partial charge in [0.05, 0.1) is 5.69 Å². The van der Waals surface area contributed by atoms with Crippen LogP contribution in [0.25, 0.3) is 5.76 Å². The first-order valence-corrected chi connectivity index (χ1v) is 10.1. The Labute approximate surface area is 183 Å². The molecule has 0 saturated carbocycles. The Morgan fingerprint density at radius 2 is 1.74 bits per heavy atom. The summed E-state index contributed by atoms with van der Waals surface area (Å²) in [6.45, 7) is 13.8. The van der Waals surface area contributed by atoms with E-state index in [0.29, 0.717) is 11.3 Å². The summed E-state index contributed by atoms with van der Waals surface area (Å²) in [4.78, 5) is 15.9. The Morgan fingerprint density at radius 3 is 2.42 bits per heavy atom. The van der Waals surface area contributed by atoms with E-state index in [-0.39, 0.29) is 18.6 Å². The van der Waals surface area contributed by atoms with Crippen molar-refractivity contribution in [2.75, 3.05) is 18.5 Å². The zero-order valence-electron chi connectivity index (χ0n) is 18.3. The lowest BCUT2D eigenvalue weighted by molar-refractivity contribution is -0.139. The molecule has 0 spiro atoms. The molecule has 1 aliphatic rings. The average Bonchev–Trinajstić information content (AvgIpc) is 3.01. The lowest BCUT2D eigenvalue weighted by Crippen LogP contribution is -2.17. The fraction of sp³-hybridized carbons (Fsp3) is 0.231. The first-order valence-electron chi connectivity index (χ1n) is 10.1. The van der Waals surface area contributed by atoms with E-state index in [1.54, 1.807) is 6.92 Å². The number of rotatable bonds is 8. The Kier molecular flexibility index (Phi) is 6.75. The van der Waals surface area contributed by atoms with E-state index in [9.17, 15) is 4.79 Å². The van der Waals surface area contributed by atoms with E-state index in [1.165, 1.54) is 5.56 Å². The van der Waals surface area contributed by atoms with Crippen molar-refractivity contribution in [3.05, 3.63) is 90.2 Å². The molecule has 0 atom stereocenters. The maximum atomic E-state index is 11.3. The van der Waals surface area contributed by atoms with Crippen LogP contribution in [-0.4, -0.2) is 25.4 Å². The lowest BCUT2D eigenvalue weighted by atomic mass is 9.84. The van der Waals surface area contributed by atoms with Crippen LogP contribution in [0.3, 0.4) is 0 Å². The van der Waals surface area contributed by atoms with Crippen LogP contribution in [0.15, 0.2) is 84.0 Å². The second-order valence-electron chi connectivity index (χ2n) is 7.89. The molecule has 0 fully saturated rings. The fourth-order valence-corrected chi connectivity index (χ4v) is 3.27. The maximum absolute atomic E-state index is 11.3. The van der Waals surface area contributed by atoms with Crippen LogP contribution in [-0.2, 0) is 19.7 Å². The number of benzene rings is 2. The van der Waals surface area contributed by atoms with E-state index in [0.717, 1.165) is 22.6 Å². The summed E-state index contributed by atoms with van der Waals surface area (Å²) < 4.78 is 10.5. The molecule has 5 heteroatoms. The normalized spacial score (nSPS) is 15.4. The molecule has 0 saturated heterocycles. The van der Waals surface area contributed by atoms with Crippen molar-refractivity contribution in [2.45, 2.75) is 26.2 Å². The Morgan fingerprint density at radius 1 is 1.06 bits per heavy atom. The van der Waals surface area contributed by atoms with E-state index >= 15 is 0 Å². The monoisotopic (exact) mass is 416 g/mol. The van der Waals surface area contributed by atoms with Gasteiger partial charge in [-0.3, -0.25) is 4.99 Å². The number of hydrogen-bond acceptors (Lipinski definition) is 5. The number of fused-ring (bicyclic) bond motifs is 1. The summed E-state index contributed by atoms with van der Waals surface area (Å²) in [6.07, 6.45) is 3.83. The van der Waals surface area contributed by atoms with Crippen LogP contribution in [0, 0.1) is 0 Å². The summed E-state index contributed by atoms with van der Waals surface area (Å²) in [5.41, 5.74) is 5.50. The molecule has 31 heavy (non-hydrogen) atoms. The molecule has 0 aromatic heterocycles. The number of hydrogen-bond donors (Lipinski definition) is 1. The van der Waals surface area contributed by atoms with Gasteiger partial charge in [0.2, 0.25) is 0 Å². The van der Waals surface area contributed by atoms with E-state index in [1.807, 2.05) is 42.6 Å². The molecule has 160 valence electrons. The van der Waals surface area contributed by atoms with Gasteiger partial charge in [0.1, 0.15) is 19.0 Å². The van der Waals surface area contributed by atoms with Gasteiger partial charge in [0.25, 0.3) is 0 Å². The molecule has 0 radical (unpaired) electrons. The number of anilines is 1. The van der Waals surface area contributed by atoms with E-state index in [4.69, 9.17) is 9.47 Å². The summed E-state index contributed by atoms with van der Waals surface area (Å²) in [5.74, 6) is 0.0881. The molecule has 1 heterocycles. The smallest absolute Gasteiger partial charge is 0.333 e. The van der Waals surface area contributed by atoms with Gasteiger partial charge in [-0.05, 0) is 48.9 Å². The molecule has 2 aromatic carbocycles. The zero-order valence-corrected chi connectivity index (χ0v) is 18.3. The third-order valence-electron chi connectivity index (χ3n) is 5.14. The predicted octanol–water partition coefficient (Wildman–Crippen LogP) is 5.78. The molecule has 1 N–H and O–H groups in total. The van der Waals surface area contributed by atoms with Crippen LogP contribution in [0.4, 0.5) is 11.4 Å². The van der Waals surface area contributed by atoms with Gasteiger partial charge in [-0.2, -0.15) is 0 Å². The lowest BCUT2D eigenvalue weighted by Gasteiger charge is -2.19. The second-order valence-corrected chi connectivity index (χ2v) is 7.89. The van der Waals surface area contributed by atoms with Crippen molar-refractivity contribution in [3.8, 4) is 0 Å². The van der Waals surface area contributed by atoms with E-state index < -0.39 is 5.97 Å². The van der Waals surface area contributed by atoms with Crippen molar-refractivity contribution in [1.29, 1.82) is 0 Å². The minimum absolute atomic E-state index is 0.0831. The molecule has 0 amide bonds. The van der Waals surface area contributed by atoms with Crippen LogP contribution in [0.1, 0.15) is 31.9 Å². The van der Waals surface area contributed by atoms with Crippen molar-refractivity contribution in [1.82, 2.24) is 0 Å². The summed E-state index contributed by atoms with van der Waals surface area (Å²) in [6, 6.07) is 15.9. The second kappa shape index (κ2) is 9.47. The van der Waals surface area contributed by atoms with Crippen LogP contribution < -0.4 is 5.32 Å². The molecule has 5 nitrogen and oxygen atoms in total. The number of carbonyl (C=O) groups is 1. The van der Waals surface area contributed by atoms with Crippen LogP contribution in [0.5, 0.6) is 0 Å². The van der Waals surface area contributed by atoms with Gasteiger partial charge in [-0.15, -0.1) is 0 Å². The number of para-hydroxylation sites is 1. The number of aliphatic imine (C=N–C) groups is 1. The van der Waals surface area contributed by atoms with Gasteiger partial charge in [0.15, 0.2) is 0 Å². The number of ether oxygens (including phenoxy) is 2. The number of allylic oxidation sites excluding steroid dienone is 2. The van der Waals surface area contributed by atoms with Gasteiger partial charge in [-0.25, -0.2) is 4.79 Å². The Balaban J connectivity index is 1.54. The summed E-state index contributed by atoms with van der Waals surface area (Å²) >= 11 is 0. The van der Waals surface area contributed by atoms with Crippen molar-refractivity contribution in [2.24, 2.45) is 4.99 Å². The standard InChI is InChI=1S/C26H28N2O3/c1-18(2)25(29)31-17-16-30-19(3)20-10-12-21(13-11-20)27-15-14-24-26(4,5)22-8-6-7-9-23(22)28-24/h6-15,28H,1,3,16-17H2,2,4-5H3. The van der Waals surface area contributed by atoms with Gasteiger partial charge in [-0.1, -0.05) is 45.2 Å². The number of esters is 1. The summed E-state index contributed by atoms with van der Waals surface area (Å²) in [7, 11) is 0. The topological polar surface area (TPSA) is 59.9 Å². The Bertz CT molecular complexity index is 1050. The molecule has 0 aliphatic carbocycles. The maximum Gasteiger partial charge on any atom is 0.333 e. The number of nitrogens with zero attached hydrogens (tertiary/aromatic N) is 1. The number of carbonyl (C=O) groups excluding carboxylic acids is 1. The highest BCUT2D eigenvalue weighted by Gasteiger charge is 2.33. The van der Waals surface area contributed by atoms with Crippen molar-refractivity contribution in [3.63, 3.8) is 0 Å². The van der Waals surface area contributed by atoms with Crippen LogP contribution >= 0.6 is 0 Å². The van der Waals surface area contributed by atoms with Gasteiger partial charge in [0, 0.05) is 34.2 Å². The van der Waals surface area contributed by atoms with Crippen molar-refractivity contribution >= 4 is 29.3 Å². The van der Waals surface area contributed by atoms with Gasteiger partial charge < -0.3 is 14.8 Å². The SMILES string of the molecule is C=C(C)C(=O)OCCOC(=C)c1ccc(N=CC=C2Nc3ccccc3C2(C)C)cc1. The molecule has 0 bridgehead atoms. The molecule has 1 aliphatic heterocycles. The zero-order chi connectivity index (χ0) is 22.4. The highest BCUT2D eigenvalue weighted by molar-refractivity contribution is 5.86. The van der Waals surface area contributed by atoms with Crippen molar-refractivity contribution < 1.29 is 14.3 Å². The fourth-order valence-electron chi connectivity index (χ4n) is 3.27. The first-order chi connectivity index (χ1) is 14.8. The third-order valence-corrected chi connectivity index (χ3v) is 5.14. The van der Waals surface area contributed by atoms with Gasteiger partial charge >= 0.3 is 5.97 Å². The van der Waals surface area contributed by atoms with E-state index in [2.05, 4.69) is 55.5 Å². The highest BCUT2D eigenvalue weighted by Crippen LogP contribution is 2.42. The average molecular weight is 417 g/mol. The predicted molar refractivity (Wildman–Crippen MR) is 127 cm³/mol. The number of nitrogens with one attached hydrogen (secondary N) is 1. The van der Waals surface area contributed by atoms with Crippen LogP contribution in [0.2, 0.25) is 0 Å². The largest absolute Gasteiger partial charge is 0.490 e. The highest BCUT2D eigenvalue weighted by atomic mass is 16.6. The molecule has 0 unspecified atom stereocenters. The minimum Gasteiger partial charge on any atom is -0.490 e. The minimum atomic E-state index is -0.425. The molecule has 2 aromatic rings. The quantitative estimate of drug-likeness (QED) is 0.195. The summed E-state index contributed by atoms with van der Waals surface area (Å²) in [5, 5.41) is 3.48. The Hall–Kier alpha value is -3.60. The molecular weight excluding hydrogens is 388 g/mol. The molecule has 3 rings (SSSR count). The first kappa shape index (κ1) is 22.1. The third kappa shape index (κ3) is 5.31.